The summed E-state index contributed by atoms with van der Waals surface area (Å²) in [6, 6.07) is 4.49. The molecular formula is C16H26N4O. The van der Waals surface area contributed by atoms with Crippen molar-refractivity contribution in [1.29, 1.82) is 0 Å². The molecule has 0 aromatic carbocycles. The van der Waals surface area contributed by atoms with Crippen molar-refractivity contribution in [2.45, 2.75) is 25.8 Å². The van der Waals surface area contributed by atoms with Crippen molar-refractivity contribution in [3.8, 4) is 5.88 Å². The predicted molar refractivity (Wildman–Crippen MR) is 85.7 cm³/mol. The van der Waals surface area contributed by atoms with Crippen LogP contribution in [0.4, 0.5) is 11.5 Å². The van der Waals surface area contributed by atoms with Gasteiger partial charge in [0.1, 0.15) is 5.82 Å². The lowest BCUT2D eigenvalue weighted by atomic mass is 10.1. The average molecular weight is 290 g/mol. The quantitative estimate of drug-likeness (QED) is 0.897. The topological polar surface area (TPSA) is 54.6 Å². The molecule has 0 radical (unpaired) electrons. The number of hydrogen-bond donors (Lipinski definition) is 1. The Kier molecular flexibility index (Phi) is 3.93. The smallest absolute Gasteiger partial charge is 0.239 e. The zero-order valence-electron chi connectivity index (χ0n) is 13.2. The third-order valence-electron chi connectivity index (χ3n) is 4.59. The van der Waals surface area contributed by atoms with E-state index in [1.807, 2.05) is 12.1 Å². The molecule has 2 aliphatic rings. The van der Waals surface area contributed by atoms with Gasteiger partial charge < -0.3 is 20.3 Å². The summed E-state index contributed by atoms with van der Waals surface area (Å²) in [6.07, 6.45) is 2.54. The van der Waals surface area contributed by atoms with E-state index in [0.717, 1.165) is 25.5 Å². The molecule has 116 valence electrons. The van der Waals surface area contributed by atoms with E-state index in [1.54, 1.807) is 0 Å². The molecule has 3 rings (SSSR count). The van der Waals surface area contributed by atoms with Crippen LogP contribution in [0.5, 0.6) is 5.88 Å². The van der Waals surface area contributed by atoms with Crippen molar-refractivity contribution in [3.05, 3.63) is 12.1 Å². The highest BCUT2D eigenvalue weighted by Gasteiger charge is 2.32. The second kappa shape index (κ2) is 5.72. The van der Waals surface area contributed by atoms with Gasteiger partial charge in [0, 0.05) is 19.1 Å². The lowest BCUT2D eigenvalue weighted by Crippen LogP contribution is -2.34. The highest BCUT2D eigenvalue weighted by atomic mass is 16.5. The molecule has 2 unspecified atom stereocenters. The molecule has 1 saturated heterocycles. The Hall–Kier alpha value is -1.49. The molecule has 2 fully saturated rings. The van der Waals surface area contributed by atoms with Gasteiger partial charge in [0.15, 0.2) is 0 Å². The van der Waals surface area contributed by atoms with Gasteiger partial charge in [-0.3, -0.25) is 0 Å². The third kappa shape index (κ3) is 3.23. The van der Waals surface area contributed by atoms with Crippen molar-refractivity contribution in [3.63, 3.8) is 0 Å². The zero-order valence-corrected chi connectivity index (χ0v) is 13.2. The molecule has 0 spiro atoms. The van der Waals surface area contributed by atoms with Gasteiger partial charge in [-0.2, -0.15) is 4.98 Å². The number of ether oxygens (including phenoxy) is 1. The Morgan fingerprint density at radius 3 is 2.71 bits per heavy atom. The first-order valence-electron chi connectivity index (χ1n) is 7.85. The molecule has 1 aromatic rings. The molecular weight excluding hydrogens is 264 g/mol. The minimum atomic E-state index is 0.570. The van der Waals surface area contributed by atoms with E-state index in [1.165, 1.54) is 12.8 Å². The van der Waals surface area contributed by atoms with Gasteiger partial charge in [-0.1, -0.05) is 6.92 Å². The molecule has 21 heavy (non-hydrogen) atoms. The Morgan fingerprint density at radius 1 is 1.33 bits per heavy atom. The molecule has 2 atom stereocenters. The summed E-state index contributed by atoms with van der Waals surface area (Å²) in [5.74, 6) is 2.92. The zero-order chi connectivity index (χ0) is 15.0. The first-order valence-corrected chi connectivity index (χ1v) is 7.85. The normalized spacial score (nSPS) is 25.6. The van der Waals surface area contributed by atoms with Crippen LogP contribution in [-0.2, 0) is 0 Å². The second-order valence-corrected chi connectivity index (χ2v) is 6.73. The summed E-state index contributed by atoms with van der Waals surface area (Å²) in [7, 11) is 4.29. The number of rotatable bonds is 5. The number of nitrogens with two attached hydrogens (primary N) is 1. The largest absolute Gasteiger partial charge is 0.476 e. The van der Waals surface area contributed by atoms with Crippen LogP contribution in [0.25, 0.3) is 0 Å². The van der Waals surface area contributed by atoms with Gasteiger partial charge in [-0.25, -0.2) is 0 Å². The summed E-state index contributed by atoms with van der Waals surface area (Å²) in [5, 5.41) is 0. The van der Waals surface area contributed by atoms with Crippen molar-refractivity contribution in [2.75, 3.05) is 44.4 Å². The molecule has 2 heterocycles. The van der Waals surface area contributed by atoms with Crippen LogP contribution in [0.3, 0.4) is 0 Å². The van der Waals surface area contributed by atoms with E-state index < -0.39 is 0 Å². The predicted octanol–water partition coefficient (Wildman–Crippen LogP) is 1.84. The molecule has 5 nitrogen and oxygen atoms in total. The van der Waals surface area contributed by atoms with Gasteiger partial charge in [-0.05, 0) is 50.9 Å². The van der Waals surface area contributed by atoms with E-state index in [4.69, 9.17) is 10.5 Å². The second-order valence-electron chi connectivity index (χ2n) is 6.73. The molecule has 0 amide bonds. The summed E-state index contributed by atoms with van der Waals surface area (Å²) >= 11 is 0. The van der Waals surface area contributed by atoms with Crippen LogP contribution in [0, 0.1) is 11.8 Å². The van der Waals surface area contributed by atoms with Crippen LogP contribution < -0.4 is 15.4 Å². The molecule has 1 aromatic heterocycles. The molecule has 5 heteroatoms. The van der Waals surface area contributed by atoms with Crippen LogP contribution in [0.15, 0.2) is 12.1 Å². The van der Waals surface area contributed by atoms with Gasteiger partial charge in [0.25, 0.3) is 0 Å². The number of nitrogen functional groups attached to an aromatic ring is 1. The minimum absolute atomic E-state index is 0.570. The van der Waals surface area contributed by atoms with Crippen molar-refractivity contribution < 1.29 is 4.74 Å². The molecule has 1 saturated carbocycles. The van der Waals surface area contributed by atoms with Crippen LogP contribution in [0.2, 0.25) is 0 Å². The summed E-state index contributed by atoms with van der Waals surface area (Å²) < 4.78 is 5.79. The van der Waals surface area contributed by atoms with E-state index in [0.29, 0.717) is 29.4 Å². The van der Waals surface area contributed by atoms with E-state index in [2.05, 4.69) is 35.8 Å². The molecule has 2 N–H and O–H groups in total. The summed E-state index contributed by atoms with van der Waals surface area (Å²) in [5.41, 5.74) is 6.62. The molecule has 1 aliphatic heterocycles. The number of hydrogen-bond acceptors (Lipinski definition) is 5. The lowest BCUT2D eigenvalue weighted by Gasteiger charge is -2.23. The molecule has 1 aliphatic carbocycles. The number of likely N-dealkylation sites (N-methyl/N-ethyl adjacent to an activating group) is 1. The fourth-order valence-corrected chi connectivity index (χ4v) is 3.02. The maximum absolute atomic E-state index is 5.98. The Bertz CT molecular complexity index is 501. The number of anilines is 2. The first kappa shape index (κ1) is 14.4. The minimum Gasteiger partial charge on any atom is -0.476 e. The Labute approximate surface area is 127 Å². The molecule has 0 bridgehead atoms. The van der Waals surface area contributed by atoms with Crippen LogP contribution in [-0.4, -0.2) is 49.7 Å². The standard InChI is InChI=1S/C16H26N4O/c1-11-8-20(9-14(11)19(2)3)15-7-6-13(17)16(18-15)21-10-12-4-5-12/h6-7,11-12,14H,4-5,8-10,17H2,1-3H3. The highest BCUT2D eigenvalue weighted by molar-refractivity contribution is 5.55. The van der Waals surface area contributed by atoms with E-state index in [-0.39, 0.29) is 0 Å². The lowest BCUT2D eigenvalue weighted by molar-refractivity contribution is 0.266. The number of pyridine rings is 1. The fraction of sp³-hybridized carbons (Fsp3) is 0.688. The Balaban J connectivity index is 1.71. The van der Waals surface area contributed by atoms with Gasteiger partial charge in [0.05, 0.1) is 12.3 Å². The summed E-state index contributed by atoms with van der Waals surface area (Å²) in [6.45, 7) is 5.08. The van der Waals surface area contributed by atoms with Crippen LogP contribution in [0.1, 0.15) is 19.8 Å². The summed E-state index contributed by atoms with van der Waals surface area (Å²) in [4.78, 5) is 9.27. The van der Waals surface area contributed by atoms with E-state index >= 15 is 0 Å². The number of nitrogens with zero attached hydrogens (tertiary/aromatic N) is 3. The van der Waals surface area contributed by atoms with Crippen molar-refractivity contribution in [1.82, 2.24) is 9.88 Å². The van der Waals surface area contributed by atoms with Crippen molar-refractivity contribution in [2.24, 2.45) is 11.8 Å². The van der Waals surface area contributed by atoms with Gasteiger partial charge in [0.2, 0.25) is 5.88 Å². The van der Waals surface area contributed by atoms with Gasteiger partial charge >= 0.3 is 0 Å². The average Bonchev–Trinajstić information content (AvgIpc) is 3.19. The third-order valence-corrected chi connectivity index (χ3v) is 4.59. The van der Waals surface area contributed by atoms with Gasteiger partial charge in [-0.15, -0.1) is 0 Å². The highest BCUT2D eigenvalue weighted by Crippen LogP contribution is 2.32. The number of aromatic nitrogens is 1. The maximum atomic E-state index is 5.98. The van der Waals surface area contributed by atoms with E-state index in [9.17, 15) is 0 Å². The fourth-order valence-electron chi connectivity index (χ4n) is 3.02. The SMILES string of the molecule is CC1CN(c2ccc(N)c(OCC3CC3)n2)CC1N(C)C. The maximum Gasteiger partial charge on any atom is 0.239 e. The Morgan fingerprint density at radius 2 is 2.10 bits per heavy atom. The monoisotopic (exact) mass is 290 g/mol. The van der Waals surface area contributed by atoms with Crippen LogP contribution >= 0.6 is 0 Å². The van der Waals surface area contributed by atoms with Crippen molar-refractivity contribution >= 4 is 11.5 Å². The first-order chi connectivity index (χ1) is 10.0.